The van der Waals surface area contributed by atoms with Crippen LogP contribution in [-0.4, -0.2) is 12.4 Å². The number of fused-ring (bicyclic) bond motifs is 3. The molecule has 1 aromatic heterocycles. The second kappa shape index (κ2) is 14.9. The molecule has 142 valence electrons. The molecule has 0 saturated carbocycles. The molecule has 2 aromatic carbocycles. The van der Waals surface area contributed by atoms with Gasteiger partial charge in [-0.2, -0.15) is 6.07 Å². The Hall–Kier alpha value is 0.910. The maximum absolute atomic E-state index is 6.94. The molecule has 0 amide bonds. The van der Waals surface area contributed by atoms with Crippen molar-refractivity contribution >= 4 is 79.1 Å². The molecule has 1 N–H and O–H groups in total. The Labute approximate surface area is 195 Å². The maximum atomic E-state index is 6.94. The molecule has 25 heavy (non-hydrogen) atoms. The van der Waals surface area contributed by atoms with Crippen molar-refractivity contribution in [3.63, 3.8) is 0 Å². The summed E-state index contributed by atoms with van der Waals surface area (Å²) >= 11 is 6.84. The van der Waals surface area contributed by atoms with Gasteiger partial charge in [-0.05, 0) is 9.17 Å². The summed E-state index contributed by atoms with van der Waals surface area (Å²) in [6.45, 7) is 10.8. The van der Waals surface area contributed by atoms with Crippen molar-refractivity contribution in [2.45, 2.75) is 33.2 Å². The number of thiophene rings is 1. The van der Waals surface area contributed by atoms with Crippen molar-refractivity contribution in [2.24, 2.45) is 0 Å². The second-order valence-corrected chi connectivity index (χ2v) is 7.71. The Kier molecular flexibility index (Phi) is 20.0. The van der Waals surface area contributed by atoms with Crippen LogP contribution < -0.4 is 0 Å². The number of rotatable bonds is 0. The van der Waals surface area contributed by atoms with E-state index in [0.29, 0.717) is 0 Å². The molecular formula is C18H26BrCl2NSSiZr-4. The van der Waals surface area contributed by atoms with Crippen molar-refractivity contribution in [3.8, 4) is 0 Å². The first kappa shape index (κ1) is 33.5. The first-order chi connectivity index (χ1) is 9.75. The molecule has 3 aromatic rings. The summed E-state index contributed by atoms with van der Waals surface area (Å²) in [7, 11) is 0. The van der Waals surface area contributed by atoms with E-state index < -0.39 is 0 Å². The van der Waals surface area contributed by atoms with Gasteiger partial charge < -0.3 is 20.6 Å². The van der Waals surface area contributed by atoms with E-state index in [1.54, 1.807) is 0 Å². The minimum atomic E-state index is -0.250. The molecule has 0 atom stereocenters. The third kappa shape index (κ3) is 10.7. The van der Waals surface area contributed by atoms with E-state index in [2.05, 4.69) is 60.1 Å². The van der Waals surface area contributed by atoms with E-state index >= 15 is 0 Å². The van der Waals surface area contributed by atoms with Crippen LogP contribution in [-0.2, 0) is 23.3 Å². The van der Waals surface area contributed by atoms with Gasteiger partial charge in [-0.15, -0.1) is 47.4 Å². The van der Waals surface area contributed by atoms with Crippen LogP contribution in [0.5, 0.6) is 0 Å². The van der Waals surface area contributed by atoms with E-state index in [9.17, 15) is 0 Å². The Morgan fingerprint density at radius 1 is 1.12 bits per heavy atom. The minimum absolute atomic E-state index is 0. The molecule has 0 saturated heterocycles. The number of hydrogen-bond acceptors (Lipinski definition) is 1. The molecule has 0 aliphatic rings. The zero-order valence-corrected chi connectivity index (χ0v) is 23.0. The summed E-state index contributed by atoms with van der Waals surface area (Å²) < 4.78 is 3.96. The number of aryl methyl sites for hydroxylation is 1. The fraction of sp³-hybridized carbons (Fsp3) is 0.278. The zero-order valence-electron chi connectivity index (χ0n) is 15.5. The predicted molar refractivity (Wildman–Crippen MR) is 125 cm³/mol. The molecule has 3 rings (SSSR count). The standard InChI is InChI=1S/C12H8BrS.C4H10N.2CH3.2ClH.Si.Zr/c1-7-5-8-11(6-7)14-10-4-2-3-9(13)12(8)10;1-4(2,3)5;;;;;;/h2-6H,1H3;5H,1-3H3;2*1H3;2*1H;;/q4*-1;;;;. The Morgan fingerprint density at radius 2 is 1.60 bits per heavy atom. The normalized spacial score (nSPS) is 9.00. The average Bonchev–Trinajstić information content (AvgIpc) is 2.85. The van der Waals surface area contributed by atoms with Crippen LogP contribution in [0.25, 0.3) is 25.9 Å². The SMILES string of the molecule is CC(C)(C)[NH-].Cc1cc2sc3cccc(Br)c3c2[cH-]1.Cl.Cl.[CH3-].[CH3-].[Si]=[Zr]. The molecule has 7 heteroatoms. The van der Waals surface area contributed by atoms with Crippen LogP contribution >= 0.6 is 52.1 Å². The van der Waals surface area contributed by atoms with Gasteiger partial charge in [0, 0.05) is 0 Å². The zero-order chi connectivity index (χ0) is 16.2. The number of benzene rings is 1. The van der Waals surface area contributed by atoms with E-state index in [-0.39, 0.29) is 45.2 Å². The fourth-order valence-electron chi connectivity index (χ4n) is 1.87. The van der Waals surface area contributed by atoms with Crippen LogP contribution in [0.1, 0.15) is 26.3 Å². The number of halogens is 3. The van der Waals surface area contributed by atoms with Gasteiger partial charge in [0.05, 0.1) is 0 Å². The van der Waals surface area contributed by atoms with Gasteiger partial charge in [-0.3, -0.25) is 0 Å². The van der Waals surface area contributed by atoms with E-state index in [4.69, 9.17) is 5.73 Å². The summed E-state index contributed by atoms with van der Waals surface area (Å²) in [5.41, 5.74) is 8.04. The van der Waals surface area contributed by atoms with Crippen LogP contribution in [0, 0.1) is 21.8 Å². The van der Waals surface area contributed by atoms with Crippen LogP contribution in [0.3, 0.4) is 0 Å². The number of hydrogen-bond donors (Lipinski definition) is 0. The Morgan fingerprint density at radius 3 is 2.08 bits per heavy atom. The molecule has 0 aliphatic carbocycles. The summed E-state index contributed by atoms with van der Waals surface area (Å²) in [4.78, 5) is 0. The van der Waals surface area contributed by atoms with Crippen molar-refractivity contribution in [1.29, 1.82) is 0 Å². The van der Waals surface area contributed by atoms with Crippen LogP contribution in [0.2, 0.25) is 0 Å². The van der Waals surface area contributed by atoms with Gasteiger partial charge in [0.15, 0.2) is 0 Å². The van der Waals surface area contributed by atoms with Crippen molar-refractivity contribution in [3.05, 3.63) is 61.0 Å². The third-order valence-corrected chi connectivity index (χ3v) is 4.24. The summed E-state index contributed by atoms with van der Waals surface area (Å²) in [6.07, 6.45) is 0. The van der Waals surface area contributed by atoms with Gasteiger partial charge in [0.25, 0.3) is 0 Å². The second-order valence-electron chi connectivity index (χ2n) is 5.78. The van der Waals surface area contributed by atoms with E-state index in [1.807, 2.05) is 32.1 Å². The van der Waals surface area contributed by atoms with Gasteiger partial charge in [0.2, 0.25) is 0 Å². The summed E-state index contributed by atoms with van der Waals surface area (Å²) in [5.74, 6) is 0. The monoisotopic (exact) mass is 555 g/mol. The summed E-state index contributed by atoms with van der Waals surface area (Å²) in [5, 5.41) is 2.75. The first-order valence-electron chi connectivity index (χ1n) is 6.50. The summed E-state index contributed by atoms with van der Waals surface area (Å²) in [6, 6.07) is 10.9. The molecule has 0 bridgehead atoms. The predicted octanol–water partition coefficient (Wildman–Crippen LogP) is 8.04. The van der Waals surface area contributed by atoms with E-state index in [1.165, 1.54) is 53.5 Å². The molecular weight excluding hydrogens is 532 g/mol. The molecule has 2 radical (unpaired) electrons. The fourth-order valence-corrected chi connectivity index (χ4v) is 3.81. The van der Waals surface area contributed by atoms with Crippen molar-refractivity contribution < 1.29 is 23.3 Å². The van der Waals surface area contributed by atoms with Crippen molar-refractivity contribution in [1.82, 2.24) is 0 Å². The van der Waals surface area contributed by atoms with Gasteiger partial charge in [0.1, 0.15) is 0 Å². The van der Waals surface area contributed by atoms with E-state index in [0.717, 1.165) is 0 Å². The molecule has 0 aliphatic heterocycles. The third-order valence-electron chi connectivity index (χ3n) is 2.46. The molecule has 0 spiro atoms. The topological polar surface area (TPSA) is 23.8 Å². The van der Waals surface area contributed by atoms with Gasteiger partial charge in [-0.1, -0.05) is 71.9 Å². The quantitative estimate of drug-likeness (QED) is 0.197. The molecule has 1 heterocycles. The average molecular weight is 559 g/mol. The van der Waals surface area contributed by atoms with Gasteiger partial charge in [-0.25, -0.2) is 11.3 Å². The first-order valence-corrected chi connectivity index (χ1v) is 12.3. The Balaban J connectivity index is -0.000000178. The van der Waals surface area contributed by atoms with Crippen LogP contribution in [0.15, 0.2) is 34.8 Å². The molecule has 0 unspecified atom stereocenters. The molecule has 1 nitrogen and oxygen atoms in total. The van der Waals surface area contributed by atoms with Crippen molar-refractivity contribution in [2.75, 3.05) is 0 Å². The number of nitrogens with one attached hydrogen (secondary N) is 1. The molecule has 0 fully saturated rings. The van der Waals surface area contributed by atoms with Crippen LogP contribution in [0.4, 0.5) is 0 Å². The van der Waals surface area contributed by atoms with Gasteiger partial charge >= 0.3 is 30.2 Å². The Bertz CT molecular complexity index is 732.